The number of hydrogen-bond acceptors (Lipinski definition) is 4. The monoisotopic (exact) mass is 470 g/mol. The molecule has 0 saturated carbocycles. The first-order valence-electron chi connectivity index (χ1n) is 9.77. The Balaban J connectivity index is 2.17. The number of benzene rings is 2. The number of para-hydroxylation sites is 1. The number of aromatic nitrogens is 2. The Morgan fingerprint density at radius 1 is 0.938 bits per heavy atom. The van der Waals surface area contributed by atoms with Crippen molar-refractivity contribution >= 4 is 17.7 Å². The van der Waals surface area contributed by atoms with Gasteiger partial charge in [-0.2, -0.15) is 9.78 Å². The molecule has 4 nitrogen and oxygen atoms in total. The van der Waals surface area contributed by atoms with Gasteiger partial charge in [-0.3, -0.25) is 4.79 Å². The maximum Gasteiger partial charge on any atom is 0.315 e. The summed E-state index contributed by atoms with van der Waals surface area (Å²) < 4.78 is 76.3. The number of hydrogen-bond donors (Lipinski definition) is 0. The van der Waals surface area contributed by atoms with Crippen LogP contribution in [0.3, 0.4) is 0 Å². The molecule has 32 heavy (non-hydrogen) atoms. The third kappa shape index (κ3) is 4.36. The van der Waals surface area contributed by atoms with Crippen molar-refractivity contribution in [1.29, 1.82) is 0 Å². The molecule has 0 saturated heterocycles. The number of esters is 1. The topological polar surface area (TPSA) is 44.1 Å². The van der Waals surface area contributed by atoms with Gasteiger partial charge in [-0.05, 0) is 31.9 Å². The summed E-state index contributed by atoms with van der Waals surface area (Å²) in [6, 6.07) is 8.48. The van der Waals surface area contributed by atoms with Gasteiger partial charge in [0.25, 0.3) is 0 Å². The molecule has 170 valence electrons. The van der Waals surface area contributed by atoms with Gasteiger partial charge in [-0.15, -0.1) is 0 Å². The Hall–Kier alpha value is -2.88. The molecule has 0 aliphatic carbocycles. The third-order valence-corrected chi connectivity index (χ3v) is 6.09. The lowest BCUT2D eigenvalue weighted by Crippen LogP contribution is -2.21. The second kappa shape index (κ2) is 9.72. The Bertz CT molecular complexity index is 1120. The lowest BCUT2D eigenvalue weighted by atomic mass is 10.0. The summed E-state index contributed by atoms with van der Waals surface area (Å²) in [4.78, 5) is 11.5. The van der Waals surface area contributed by atoms with Crippen molar-refractivity contribution in [2.45, 2.75) is 43.4 Å². The SMILES string of the molecule is CCC(CC)C(=O)Oc1c(Sc2c(F)c(F)c(F)c(F)c2F)c(C)nn1-c1ccccc1. The average Bonchev–Trinajstić information content (AvgIpc) is 3.10. The van der Waals surface area contributed by atoms with Crippen molar-refractivity contribution in [3.63, 3.8) is 0 Å². The minimum Gasteiger partial charge on any atom is -0.406 e. The predicted octanol–water partition coefficient (Wildman–Crippen LogP) is 6.37. The zero-order valence-electron chi connectivity index (χ0n) is 17.4. The molecule has 0 fully saturated rings. The Morgan fingerprint density at radius 3 is 2.00 bits per heavy atom. The molecule has 0 N–H and O–H groups in total. The number of halogens is 5. The van der Waals surface area contributed by atoms with Crippen LogP contribution in [0.4, 0.5) is 22.0 Å². The molecule has 2 aromatic carbocycles. The molecule has 1 heterocycles. The Morgan fingerprint density at radius 2 is 1.47 bits per heavy atom. The van der Waals surface area contributed by atoms with Crippen molar-refractivity contribution in [2.75, 3.05) is 0 Å². The molecular weight excluding hydrogens is 451 g/mol. The highest BCUT2D eigenvalue weighted by Gasteiger charge is 2.30. The second-order valence-corrected chi connectivity index (χ2v) is 7.92. The van der Waals surface area contributed by atoms with Crippen LogP contribution in [0.5, 0.6) is 5.88 Å². The molecular formula is C22H19F5N2O2S. The molecule has 0 aliphatic heterocycles. The predicted molar refractivity (Wildman–Crippen MR) is 108 cm³/mol. The maximum atomic E-state index is 14.3. The van der Waals surface area contributed by atoms with E-state index < -0.39 is 45.9 Å². The van der Waals surface area contributed by atoms with Gasteiger partial charge in [0.05, 0.1) is 27.1 Å². The van der Waals surface area contributed by atoms with Crippen LogP contribution in [0.25, 0.3) is 5.69 Å². The number of ether oxygens (including phenoxy) is 1. The van der Waals surface area contributed by atoms with Crippen molar-refractivity contribution < 1.29 is 31.5 Å². The van der Waals surface area contributed by atoms with Gasteiger partial charge in [-0.1, -0.05) is 43.8 Å². The first-order chi connectivity index (χ1) is 15.2. The first-order valence-corrected chi connectivity index (χ1v) is 10.6. The van der Waals surface area contributed by atoms with Gasteiger partial charge in [0.1, 0.15) is 0 Å². The van der Waals surface area contributed by atoms with E-state index in [1.54, 1.807) is 44.2 Å². The molecule has 0 spiro atoms. The van der Waals surface area contributed by atoms with Crippen LogP contribution < -0.4 is 4.74 Å². The van der Waals surface area contributed by atoms with Crippen molar-refractivity contribution in [3.05, 3.63) is 65.1 Å². The van der Waals surface area contributed by atoms with Gasteiger partial charge in [0.2, 0.25) is 11.7 Å². The Kier molecular flexibility index (Phi) is 7.22. The minimum atomic E-state index is -2.25. The van der Waals surface area contributed by atoms with E-state index in [-0.39, 0.29) is 28.2 Å². The van der Waals surface area contributed by atoms with Crippen LogP contribution >= 0.6 is 11.8 Å². The van der Waals surface area contributed by atoms with Crippen LogP contribution in [0.2, 0.25) is 0 Å². The first kappa shape index (κ1) is 23.8. The molecule has 0 aliphatic rings. The number of carbonyl (C=O) groups excluding carboxylic acids is 1. The normalized spacial score (nSPS) is 11.3. The largest absolute Gasteiger partial charge is 0.406 e. The van der Waals surface area contributed by atoms with Gasteiger partial charge >= 0.3 is 5.97 Å². The molecule has 0 radical (unpaired) electrons. The molecule has 0 bridgehead atoms. The van der Waals surface area contributed by atoms with E-state index in [1.807, 2.05) is 0 Å². The summed E-state index contributed by atoms with van der Waals surface area (Å²) in [5.74, 6) is -11.5. The fraction of sp³-hybridized carbons (Fsp3) is 0.273. The van der Waals surface area contributed by atoms with Crippen LogP contribution in [0.15, 0.2) is 40.1 Å². The molecule has 1 aromatic heterocycles. The van der Waals surface area contributed by atoms with Gasteiger partial charge in [-0.25, -0.2) is 22.0 Å². The molecule has 3 aromatic rings. The molecule has 0 amide bonds. The van der Waals surface area contributed by atoms with Crippen LogP contribution in [0.1, 0.15) is 32.4 Å². The number of carbonyl (C=O) groups is 1. The van der Waals surface area contributed by atoms with E-state index >= 15 is 0 Å². The van der Waals surface area contributed by atoms with Crippen molar-refractivity contribution in [2.24, 2.45) is 5.92 Å². The molecule has 3 rings (SSSR count). The third-order valence-electron chi connectivity index (χ3n) is 4.86. The summed E-state index contributed by atoms with van der Waals surface area (Å²) >= 11 is 0.258. The van der Waals surface area contributed by atoms with Crippen LogP contribution in [-0.4, -0.2) is 15.7 Å². The highest BCUT2D eigenvalue weighted by Crippen LogP contribution is 2.42. The molecule has 0 atom stereocenters. The summed E-state index contributed by atoms with van der Waals surface area (Å²) in [6.45, 7) is 5.08. The van der Waals surface area contributed by atoms with Crippen LogP contribution in [-0.2, 0) is 4.79 Å². The number of rotatable bonds is 7. The van der Waals surface area contributed by atoms with E-state index in [0.717, 1.165) is 0 Å². The quantitative estimate of drug-likeness (QED) is 0.174. The van der Waals surface area contributed by atoms with E-state index in [9.17, 15) is 26.7 Å². The van der Waals surface area contributed by atoms with Gasteiger partial charge in [0, 0.05) is 0 Å². The van der Waals surface area contributed by atoms with Crippen molar-refractivity contribution in [3.8, 4) is 11.6 Å². The van der Waals surface area contributed by atoms with Gasteiger partial charge < -0.3 is 4.74 Å². The lowest BCUT2D eigenvalue weighted by Gasteiger charge is -2.14. The average molecular weight is 470 g/mol. The summed E-state index contributed by atoms with van der Waals surface area (Å²) in [5.41, 5.74) is 0.655. The summed E-state index contributed by atoms with van der Waals surface area (Å²) in [6.07, 6.45) is 0.988. The number of nitrogens with zero attached hydrogens (tertiary/aromatic N) is 2. The maximum absolute atomic E-state index is 14.3. The summed E-state index contributed by atoms with van der Waals surface area (Å²) in [5, 5.41) is 4.27. The standard InChI is InChI=1S/C22H19F5N2O2S/c1-4-12(5-2)22(30)31-21-19(11(3)28-29(21)13-9-7-6-8-10-13)32-20-17(26)15(24)14(23)16(25)18(20)27/h6-10,12H,4-5H2,1-3H3. The lowest BCUT2D eigenvalue weighted by molar-refractivity contribution is -0.139. The smallest absolute Gasteiger partial charge is 0.315 e. The Labute approximate surface area is 185 Å². The fourth-order valence-electron chi connectivity index (χ4n) is 3.02. The zero-order valence-corrected chi connectivity index (χ0v) is 18.2. The van der Waals surface area contributed by atoms with Crippen LogP contribution in [0, 0.1) is 41.9 Å². The molecule has 0 unspecified atom stereocenters. The van der Waals surface area contributed by atoms with E-state index in [0.29, 0.717) is 18.5 Å². The van der Waals surface area contributed by atoms with Crippen molar-refractivity contribution in [1.82, 2.24) is 9.78 Å². The second-order valence-electron chi connectivity index (χ2n) is 6.90. The summed E-state index contributed by atoms with van der Waals surface area (Å²) in [7, 11) is 0. The fourth-order valence-corrected chi connectivity index (χ4v) is 3.99. The van der Waals surface area contributed by atoms with E-state index in [4.69, 9.17) is 4.74 Å². The highest BCUT2D eigenvalue weighted by atomic mass is 32.2. The minimum absolute atomic E-state index is 0.0450. The van der Waals surface area contributed by atoms with E-state index in [1.165, 1.54) is 11.6 Å². The highest BCUT2D eigenvalue weighted by molar-refractivity contribution is 7.99. The zero-order chi connectivity index (χ0) is 23.6. The van der Waals surface area contributed by atoms with Gasteiger partial charge in [0.15, 0.2) is 23.3 Å². The van der Waals surface area contributed by atoms with E-state index in [2.05, 4.69) is 5.10 Å². The molecule has 10 heteroatoms. The number of aryl methyl sites for hydroxylation is 1.